The molecule has 0 bridgehead atoms. The first-order valence-corrected chi connectivity index (χ1v) is 7.32. The molecule has 0 saturated carbocycles. The van der Waals surface area contributed by atoms with Gasteiger partial charge in [-0.1, -0.05) is 24.3 Å². The highest BCUT2D eigenvalue weighted by molar-refractivity contribution is 7.13. The van der Waals surface area contributed by atoms with Gasteiger partial charge in [0, 0.05) is 5.38 Å². The highest BCUT2D eigenvalue weighted by atomic mass is 32.1. The zero-order valence-corrected chi connectivity index (χ0v) is 12.7. The van der Waals surface area contributed by atoms with Crippen LogP contribution in [0.1, 0.15) is 16.8 Å². The van der Waals surface area contributed by atoms with E-state index in [2.05, 4.69) is 15.0 Å². The summed E-state index contributed by atoms with van der Waals surface area (Å²) in [7, 11) is 1.33. The lowest BCUT2D eigenvalue weighted by Gasteiger charge is -2.05. The fourth-order valence-electron chi connectivity index (χ4n) is 1.81. The molecule has 1 amide bonds. The van der Waals surface area contributed by atoms with Crippen molar-refractivity contribution in [3.63, 3.8) is 0 Å². The summed E-state index contributed by atoms with van der Waals surface area (Å²) in [4.78, 5) is 27.3. The maximum atomic E-state index is 12.0. The van der Waals surface area contributed by atoms with Gasteiger partial charge in [0.2, 0.25) is 5.91 Å². The number of carbonyl (C=O) groups excluding carboxylic acids is 2. The molecule has 2 aromatic rings. The van der Waals surface area contributed by atoms with Crippen LogP contribution in [0.15, 0.2) is 29.6 Å². The lowest BCUT2D eigenvalue weighted by molar-refractivity contribution is -0.139. The molecule has 1 aromatic carbocycles. The number of rotatable bonds is 5. The number of esters is 1. The number of nitrogens with one attached hydrogen (secondary N) is 1. The van der Waals surface area contributed by atoms with Gasteiger partial charge in [-0.3, -0.25) is 9.59 Å². The van der Waals surface area contributed by atoms with Gasteiger partial charge in [-0.15, -0.1) is 11.3 Å². The maximum absolute atomic E-state index is 12.0. The van der Waals surface area contributed by atoms with Gasteiger partial charge in [-0.2, -0.15) is 0 Å². The minimum Gasteiger partial charge on any atom is -0.469 e. The Morgan fingerprint density at radius 1 is 1.29 bits per heavy atom. The van der Waals surface area contributed by atoms with Gasteiger partial charge in [-0.05, 0) is 18.1 Å². The van der Waals surface area contributed by atoms with Crippen molar-refractivity contribution in [2.45, 2.75) is 19.8 Å². The second-order valence-electron chi connectivity index (χ2n) is 4.55. The number of aryl methyl sites for hydroxylation is 1. The lowest BCUT2D eigenvalue weighted by Crippen LogP contribution is -2.15. The van der Waals surface area contributed by atoms with Crippen molar-refractivity contribution >= 4 is 28.3 Å². The third-order valence-corrected chi connectivity index (χ3v) is 3.77. The summed E-state index contributed by atoms with van der Waals surface area (Å²) >= 11 is 1.29. The standard InChI is InChI=1S/C15H16N2O3S/c1-10-5-3-4-6-11(10)7-13(18)17-15-16-12(9-21-15)8-14(19)20-2/h3-6,9H,7-8H2,1-2H3,(H,16,17,18). The Morgan fingerprint density at radius 3 is 2.76 bits per heavy atom. The van der Waals surface area contributed by atoms with Crippen LogP contribution in [0.5, 0.6) is 0 Å². The molecule has 0 radical (unpaired) electrons. The predicted octanol–water partition coefficient (Wildman–Crippen LogP) is 2.35. The van der Waals surface area contributed by atoms with Crippen LogP contribution in [0.2, 0.25) is 0 Å². The topological polar surface area (TPSA) is 68.3 Å². The van der Waals surface area contributed by atoms with E-state index in [1.807, 2.05) is 31.2 Å². The van der Waals surface area contributed by atoms with Crippen molar-refractivity contribution in [3.8, 4) is 0 Å². The lowest BCUT2D eigenvalue weighted by atomic mass is 10.1. The van der Waals surface area contributed by atoms with Crippen LogP contribution in [0, 0.1) is 6.92 Å². The van der Waals surface area contributed by atoms with Gasteiger partial charge in [0.25, 0.3) is 0 Å². The molecule has 2 rings (SSSR count). The molecule has 0 saturated heterocycles. The summed E-state index contributed by atoms with van der Waals surface area (Å²) in [5.41, 5.74) is 2.66. The molecule has 0 unspecified atom stereocenters. The van der Waals surface area contributed by atoms with E-state index in [-0.39, 0.29) is 18.3 Å². The number of nitrogens with zero attached hydrogens (tertiary/aromatic N) is 1. The summed E-state index contributed by atoms with van der Waals surface area (Å²) in [6.45, 7) is 1.97. The monoisotopic (exact) mass is 304 g/mol. The minimum atomic E-state index is -0.349. The van der Waals surface area contributed by atoms with Gasteiger partial charge in [0.1, 0.15) is 0 Å². The smallest absolute Gasteiger partial charge is 0.311 e. The van der Waals surface area contributed by atoms with Crippen molar-refractivity contribution in [2.24, 2.45) is 0 Å². The largest absolute Gasteiger partial charge is 0.469 e. The summed E-state index contributed by atoms with van der Waals surface area (Å²) < 4.78 is 4.58. The van der Waals surface area contributed by atoms with Crippen LogP contribution in [-0.4, -0.2) is 24.0 Å². The quantitative estimate of drug-likeness (QED) is 0.861. The minimum absolute atomic E-state index is 0.112. The van der Waals surface area contributed by atoms with E-state index < -0.39 is 0 Å². The van der Waals surface area contributed by atoms with Crippen molar-refractivity contribution in [3.05, 3.63) is 46.5 Å². The molecular formula is C15H16N2O3S. The van der Waals surface area contributed by atoms with Crippen molar-refractivity contribution < 1.29 is 14.3 Å². The molecule has 5 nitrogen and oxygen atoms in total. The second kappa shape index (κ2) is 6.99. The van der Waals surface area contributed by atoms with Crippen LogP contribution in [0.25, 0.3) is 0 Å². The number of hydrogen-bond acceptors (Lipinski definition) is 5. The van der Waals surface area contributed by atoms with E-state index >= 15 is 0 Å². The molecule has 6 heteroatoms. The van der Waals surface area contributed by atoms with Crippen LogP contribution in [0.4, 0.5) is 5.13 Å². The Kier molecular flexibility index (Phi) is 5.05. The fraction of sp³-hybridized carbons (Fsp3) is 0.267. The Balaban J connectivity index is 1.94. The first kappa shape index (κ1) is 15.2. The summed E-state index contributed by atoms with van der Waals surface area (Å²) in [5, 5.41) is 4.98. The van der Waals surface area contributed by atoms with Gasteiger partial charge in [0.15, 0.2) is 5.13 Å². The van der Waals surface area contributed by atoms with Crippen LogP contribution in [-0.2, 0) is 27.2 Å². The van der Waals surface area contributed by atoms with Gasteiger partial charge < -0.3 is 10.1 Å². The fourth-order valence-corrected chi connectivity index (χ4v) is 2.54. The number of carbonyl (C=O) groups is 2. The van der Waals surface area contributed by atoms with E-state index in [1.54, 1.807) is 5.38 Å². The van der Waals surface area contributed by atoms with Gasteiger partial charge in [-0.25, -0.2) is 4.98 Å². The van der Waals surface area contributed by atoms with E-state index in [1.165, 1.54) is 18.4 Å². The third-order valence-electron chi connectivity index (χ3n) is 2.96. The third kappa shape index (κ3) is 4.39. The van der Waals surface area contributed by atoms with E-state index in [4.69, 9.17) is 0 Å². The molecule has 0 aliphatic carbocycles. The molecule has 0 aliphatic heterocycles. The first-order valence-electron chi connectivity index (χ1n) is 6.44. The van der Waals surface area contributed by atoms with Crippen molar-refractivity contribution in [2.75, 3.05) is 12.4 Å². The molecule has 0 atom stereocenters. The molecule has 0 spiro atoms. The highest BCUT2D eigenvalue weighted by Crippen LogP contribution is 2.17. The molecule has 0 fully saturated rings. The molecule has 1 aromatic heterocycles. The zero-order chi connectivity index (χ0) is 15.2. The average Bonchev–Trinajstić information content (AvgIpc) is 2.88. The number of anilines is 1. The highest BCUT2D eigenvalue weighted by Gasteiger charge is 2.11. The van der Waals surface area contributed by atoms with Crippen LogP contribution < -0.4 is 5.32 Å². The Morgan fingerprint density at radius 2 is 2.05 bits per heavy atom. The Bertz CT molecular complexity index is 652. The number of ether oxygens (including phenoxy) is 1. The molecule has 21 heavy (non-hydrogen) atoms. The van der Waals surface area contributed by atoms with E-state index in [0.29, 0.717) is 17.2 Å². The van der Waals surface area contributed by atoms with Crippen molar-refractivity contribution in [1.29, 1.82) is 0 Å². The molecular weight excluding hydrogens is 288 g/mol. The SMILES string of the molecule is COC(=O)Cc1csc(NC(=O)Cc2ccccc2C)n1. The molecule has 1 N–H and O–H groups in total. The number of aromatic nitrogens is 1. The van der Waals surface area contributed by atoms with Gasteiger partial charge >= 0.3 is 5.97 Å². The first-order chi connectivity index (χ1) is 10.1. The normalized spacial score (nSPS) is 10.2. The predicted molar refractivity (Wildman–Crippen MR) is 81.3 cm³/mol. The van der Waals surface area contributed by atoms with Crippen molar-refractivity contribution in [1.82, 2.24) is 4.98 Å². The molecule has 110 valence electrons. The molecule has 1 heterocycles. The summed E-state index contributed by atoms with van der Waals surface area (Å²) in [6.07, 6.45) is 0.416. The van der Waals surface area contributed by atoms with Crippen LogP contribution in [0.3, 0.4) is 0 Å². The van der Waals surface area contributed by atoms with Gasteiger partial charge in [0.05, 0.1) is 25.6 Å². The number of amides is 1. The summed E-state index contributed by atoms with van der Waals surface area (Å²) in [5.74, 6) is -0.471. The zero-order valence-electron chi connectivity index (χ0n) is 11.9. The van der Waals surface area contributed by atoms with Crippen LogP contribution >= 0.6 is 11.3 Å². The maximum Gasteiger partial charge on any atom is 0.311 e. The molecule has 0 aliphatic rings. The average molecular weight is 304 g/mol. The number of benzene rings is 1. The number of hydrogen-bond donors (Lipinski definition) is 1. The second-order valence-corrected chi connectivity index (χ2v) is 5.41. The van der Waals surface area contributed by atoms with E-state index in [0.717, 1.165) is 11.1 Å². The van der Waals surface area contributed by atoms with E-state index in [9.17, 15) is 9.59 Å². The number of methoxy groups -OCH3 is 1. The summed E-state index contributed by atoms with van der Waals surface area (Å²) in [6, 6.07) is 7.75. The Hall–Kier alpha value is -2.21. The Labute approximate surface area is 127 Å². The number of thiazole rings is 1.